The highest BCUT2D eigenvalue weighted by molar-refractivity contribution is 5.42. The van der Waals surface area contributed by atoms with Crippen LogP contribution >= 0.6 is 0 Å². The van der Waals surface area contributed by atoms with Crippen molar-refractivity contribution < 1.29 is 13.9 Å². The van der Waals surface area contributed by atoms with Gasteiger partial charge in [-0.15, -0.1) is 0 Å². The lowest BCUT2D eigenvalue weighted by atomic mass is 9.74. The molecule has 0 amide bonds. The van der Waals surface area contributed by atoms with Crippen molar-refractivity contribution in [1.29, 1.82) is 0 Å². The number of hydrogen-bond donors (Lipinski definition) is 4. The SMILES string of the molecule is CC(C)(C)c1cccc(C2(NCC(O)C(Cc3cc(F)cc(F)c3)Nc3c[nH]ccc3=O)CCCCC2)c1. The van der Waals surface area contributed by atoms with E-state index in [1.54, 1.807) is 0 Å². The van der Waals surface area contributed by atoms with E-state index in [0.29, 0.717) is 11.3 Å². The van der Waals surface area contributed by atoms with Crippen molar-refractivity contribution in [1.82, 2.24) is 10.3 Å². The Hall–Kier alpha value is -3.03. The van der Waals surface area contributed by atoms with Crippen molar-refractivity contribution in [3.05, 3.63) is 99.5 Å². The van der Waals surface area contributed by atoms with Crippen LogP contribution in [0.15, 0.2) is 65.7 Å². The molecule has 2 atom stereocenters. The van der Waals surface area contributed by atoms with Gasteiger partial charge in [0.15, 0.2) is 0 Å². The second-order valence-corrected chi connectivity index (χ2v) is 11.6. The van der Waals surface area contributed by atoms with Crippen molar-refractivity contribution in [2.45, 2.75) is 82.4 Å². The number of aromatic amines is 1. The van der Waals surface area contributed by atoms with Crippen LogP contribution in [0.25, 0.3) is 0 Å². The number of benzene rings is 2. The zero-order chi connectivity index (χ0) is 27.3. The molecule has 7 heteroatoms. The first kappa shape index (κ1) is 28.0. The van der Waals surface area contributed by atoms with Gasteiger partial charge in [-0.2, -0.15) is 0 Å². The second kappa shape index (κ2) is 11.8. The Morgan fingerprint density at radius 3 is 2.39 bits per heavy atom. The number of anilines is 1. The molecule has 3 aromatic rings. The standard InChI is InChI=1S/C31H39F2N3O2/c1-30(2,3)22-8-7-9-23(17-22)31(11-5-4-6-12-31)35-20-29(38)26(36-27-19-34-13-10-28(27)37)16-21-14-24(32)18-25(33)15-21/h7-10,13-15,17-19,26,29,35-36,38H,4-6,11-12,16,20H2,1-3H3,(H,34,37). The summed E-state index contributed by atoms with van der Waals surface area (Å²) in [7, 11) is 0. The smallest absolute Gasteiger partial charge is 0.204 e. The molecule has 1 heterocycles. The van der Waals surface area contributed by atoms with E-state index in [1.165, 1.54) is 48.1 Å². The van der Waals surface area contributed by atoms with E-state index in [9.17, 15) is 18.7 Å². The van der Waals surface area contributed by atoms with Crippen molar-refractivity contribution in [2.24, 2.45) is 0 Å². The maximum Gasteiger partial charge on any atom is 0.204 e. The molecule has 0 radical (unpaired) electrons. The van der Waals surface area contributed by atoms with Crippen LogP contribution in [0.3, 0.4) is 0 Å². The molecule has 204 valence electrons. The maximum atomic E-state index is 13.9. The molecule has 2 unspecified atom stereocenters. The highest BCUT2D eigenvalue weighted by Gasteiger charge is 2.35. The van der Waals surface area contributed by atoms with Gasteiger partial charge in [0.2, 0.25) is 5.43 Å². The van der Waals surface area contributed by atoms with E-state index in [2.05, 4.69) is 60.7 Å². The summed E-state index contributed by atoms with van der Waals surface area (Å²) in [6.07, 6.45) is 7.53. The minimum absolute atomic E-state index is 0.0172. The molecule has 0 bridgehead atoms. The number of aliphatic hydroxyl groups is 1. The Morgan fingerprint density at radius 2 is 1.74 bits per heavy atom. The number of aliphatic hydroxyl groups excluding tert-OH is 1. The second-order valence-electron chi connectivity index (χ2n) is 11.6. The van der Waals surface area contributed by atoms with Crippen LogP contribution in [0, 0.1) is 11.6 Å². The minimum Gasteiger partial charge on any atom is -0.390 e. The van der Waals surface area contributed by atoms with Crippen molar-refractivity contribution >= 4 is 5.69 Å². The van der Waals surface area contributed by atoms with Crippen LogP contribution in [0.5, 0.6) is 0 Å². The Bertz CT molecular complexity index is 1260. The number of H-pyrrole nitrogens is 1. The lowest BCUT2D eigenvalue weighted by molar-refractivity contribution is 0.122. The first-order chi connectivity index (χ1) is 18.1. The fraction of sp³-hybridized carbons (Fsp3) is 0.452. The van der Waals surface area contributed by atoms with Gasteiger partial charge in [0.05, 0.1) is 17.8 Å². The number of rotatable bonds is 9. The van der Waals surface area contributed by atoms with E-state index in [0.717, 1.165) is 31.7 Å². The quantitative estimate of drug-likeness (QED) is 0.287. The molecule has 1 saturated carbocycles. The van der Waals surface area contributed by atoms with Gasteiger partial charge in [-0.05, 0) is 53.5 Å². The minimum atomic E-state index is -0.939. The third-order valence-electron chi connectivity index (χ3n) is 7.65. The van der Waals surface area contributed by atoms with Gasteiger partial charge in [0.25, 0.3) is 0 Å². The summed E-state index contributed by atoms with van der Waals surface area (Å²) in [5.41, 5.74) is 2.67. The summed E-state index contributed by atoms with van der Waals surface area (Å²) in [5.74, 6) is -1.35. The number of aromatic nitrogens is 1. The molecule has 4 N–H and O–H groups in total. The van der Waals surface area contributed by atoms with Crippen molar-refractivity contribution in [2.75, 3.05) is 11.9 Å². The average Bonchev–Trinajstić information content (AvgIpc) is 2.88. The molecule has 0 aliphatic heterocycles. The van der Waals surface area contributed by atoms with Gasteiger partial charge in [0, 0.05) is 36.6 Å². The number of hydrogen-bond acceptors (Lipinski definition) is 4. The highest BCUT2D eigenvalue weighted by atomic mass is 19.1. The molecular formula is C31H39F2N3O2. The first-order valence-corrected chi connectivity index (χ1v) is 13.5. The Kier molecular flexibility index (Phi) is 8.68. The van der Waals surface area contributed by atoms with E-state index in [4.69, 9.17) is 0 Å². The molecule has 1 aromatic heterocycles. The van der Waals surface area contributed by atoms with Crippen LogP contribution in [-0.4, -0.2) is 28.8 Å². The van der Waals surface area contributed by atoms with Crippen LogP contribution in [-0.2, 0) is 17.4 Å². The molecule has 2 aromatic carbocycles. The summed E-state index contributed by atoms with van der Waals surface area (Å²) in [4.78, 5) is 15.3. The summed E-state index contributed by atoms with van der Waals surface area (Å²) in [6, 6.07) is 12.8. The lowest BCUT2D eigenvalue weighted by Gasteiger charge is -2.41. The van der Waals surface area contributed by atoms with Gasteiger partial charge in [-0.3, -0.25) is 4.79 Å². The van der Waals surface area contributed by atoms with Crippen LogP contribution < -0.4 is 16.1 Å². The third kappa shape index (κ3) is 6.88. The molecule has 1 aliphatic rings. The van der Waals surface area contributed by atoms with Crippen molar-refractivity contribution in [3.8, 4) is 0 Å². The number of halogens is 2. The highest BCUT2D eigenvalue weighted by Crippen LogP contribution is 2.38. The molecule has 4 rings (SSSR count). The first-order valence-electron chi connectivity index (χ1n) is 13.5. The van der Waals surface area contributed by atoms with Crippen LogP contribution in [0.1, 0.15) is 69.6 Å². The predicted molar refractivity (Wildman–Crippen MR) is 148 cm³/mol. The fourth-order valence-electron chi connectivity index (χ4n) is 5.44. The zero-order valence-electron chi connectivity index (χ0n) is 22.5. The molecular weight excluding hydrogens is 484 g/mol. The lowest BCUT2D eigenvalue weighted by Crippen LogP contribution is -2.51. The van der Waals surface area contributed by atoms with Gasteiger partial charge >= 0.3 is 0 Å². The van der Waals surface area contributed by atoms with Crippen molar-refractivity contribution in [3.63, 3.8) is 0 Å². The summed E-state index contributed by atoms with van der Waals surface area (Å²) < 4.78 is 27.9. The van der Waals surface area contributed by atoms with Gasteiger partial charge in [-0.25, -0.2) is 8.78 Å². The molecule has 5 nitrogen and oxygen atoms in total. The Balaban J connectivity index is 1.59. The predicted octanol–water partition coefficient (Wildman–Crippen LogP) is 5.78. The third-order valence-corrected chi connectivity index (χ3v) is 7.65. The topological polar surface area (TPSA) is 77.2 Å². The molecule has 1 aliphatic carbocycles. The summed E-state index contributed by atoms with van der Waals surface area (Å²) in [6.45, 7) is 6.86. The van der Waals surface area contributed by atoms with E-state index in [1.807, 2.05) is 0 Å². The fourth-order valence-corrected chi connectivity index (χ4v) is 5.44. The maximum absolute atomic E-state index is 13.9. The molecule has 1 fully saturated rings. The van der Waals surface area contributed by atoms with E-state index in [-0.39, 0.29) is 29.3 Å². The molecule has 0 saturated heterocycles. The van der Waals surface area contributed by atoms with Crippen LogP contribution in [0.2, 0.25) is 0 Å². The van der Waals surface area contributed by atoms with Gasteiger partial charge < -0.3 is 20.7 Å². The molecule has 0 spiro atoms. The van der Waals surface area contributed by atoms with Crippen LogP contribution in [0.4, 0.5) is 14.5 Å². The monoisotopic (exact) mass is 523 g/mol. The normalized spacial score (nSPS) is 17.1. The summed E-state index contributed by atoms with van der Waals surface area (Å²) >= 11 is 0. The largest absolute Gasteiger partial charge is 0.390 e. The van der Waals surface area contributed by atoms with E-state index < -0.39 is 23.8 Å². The zero-order valence-corrected chi connectivity index (χ0v) is 22.5. The van der Waals surface area contributed by atoms with Gasteiger partial charge in [-0.1, -0.05) is 64.3 Å². The Morgan fingerprint density at radius 1 is 1.03 bits per heavy atom. The Labute approximate surface area is 223 Å². The molecule has 38 heavy (non-hydrogen) atoms. The average molecular weight is 524 g/mol. The number of pyridine rings is 1. The summed E-state index contributed by atoms with van der Waals surface area (Å²) in [5, 5.41) is 18.2. The van der Waals surface area contributed by atoms with Gasteiger partial charge in [0.1, 0.15) is 11.6 Å². The number of nitrogens with one attached hydrogen (secondary N) is 3. The van der Waals surface area contributed by atoms with E-state index >= 15 is 0 Å².